The predicted octanol–water partition coefficient (Wildman–Crippen LogP) is 2.81. The highest BCUT2D eigenvalue weighted by Crippen LogP contribution is 2.14. The minimum atomic E-state index is 0.635. The average Bonchev–Trinajstić information content (AvgIpc) is 2.80. The van der Waals surface area contributed by atoms with E-state index >= 15 is 0 Å². The van der Waals surface area contributed by atoms with Gasteiger partial charge in [0, 0.05) is 12.6 Å². The lowest BCUT2D eigenvalue weighted by Crippen LogP contribution is -2.03. The molecule has 2 heterocycles. The van der Waals surface area contributed by atoms with Crippen LogP contribution in [0.25, 0.3) is 0 Å². The van der Waals surface area contributed by atoms with Crippen LogP contribution < -0.4 is 10.6 Å². The van der Waals surface area contributed by atoms with Crippen LogP contribution in [0.5, 0.6) is 0 Å². The first-order valence-electron chi connectivity index (χ1n) is 6.13. The van der Waals surface area contributed by atoms with E-state index in [2.05, 4.69) is 27.7 Å². The van der Waals surface area contributed by atoms with Crippen molar-refractivity contribution in [2.45, 2.75) is 26.8 Å². The van der Waals surface area contributed by atoms with Crippen molar-refractivity contribution in [3.63, 3.8) is 0 Å². The number of nitrogens with zero attached hydrogens (tertiary/aromatic N) is 2. The second-order valence-corrected chi connectivity index (χ2v) is 4.17. The summed E-state index contributed by atoms with van der Waals surface area (Å²) in [7, 11) is 0. The van der Waals surface area contributed by atoms with Crippen molar-refractivity contribution in [3.05, 3.63) is 36.0 Å². The van der Waals surface area contributed by atoms with Crippen molar-refractivity contribution in [1.82, 2.24) is 10.1 Å². The van der Waals surface area contributed by atoms with E-state index in [1.165, 1.54) is 0 Å². The Kier molecular flexibility index (Phi) is 4.17. The Balaban J connectivity index is 1.92. The van der Waals surface area contributed by atoms with Crippen molar-refractivity contribution in [3.8, 4) is 0 Å². The molecule has 18 heavy (non-hydrogen) atoms. The molecular weight excluding hydrogens is 228 g/mol. The summed E-state index contributed by atoms with van der Waals surface area (Å²) in [5.74, 6) is 0.822. The van der Waals surface area contributed by atoms with Crippen LogP contribution in [0, 0.1) is 6.92 Å². The van der Waals surface area contributed by atoms with Gasteiger partial charge in [0.2, 0.25) is 0 Å². The fraction of sp³-hybridized carbons (Fsp3) is 0.385. The van der Waals surface area contributed by atoms with Crippen molar-refractivity contribution in [2.75, 3.05) is 17.2 Å². The average molecular weight is 246 g/mol. The van der Waals surface area contributed by atoms with Crippen molar-refractivity contribution in [1.29, 1.82) is 0 Å². The highest BCUT2D eigenvalue weighted by atomic mass is 16.5. The largest absolute Gasteiger partial charge is 0.384 e. The Bertz CT molecular complexity index is 495. The molecule has 0 unspecified atom stereocenters. The summed E-state index contributed by atoms with van der Waals surface area (Å²) in [6.07, 6.45) is 4.71. The fourth-order valence-electron chi connectivity index (χ4n) is 1.60. The molecule has 0 bridgehead atoms. The molecule has 0 amide bonds. The summed E-state index contributed by atoms with van der Waals surface area (Å²) in [6, 6.07) is 3.95. The monoisotopic (exact) mass is 246 g/mol. The normalized spacial score (nSPS) is 10.3. The van der Waals surface area contributed by atoms with Crippen LogP contribution in [-0.2, 0) is 6.54 Å². The first-order valence-corrected chi connectivity index (χ1v) is 6.13. The van der Waals surface area contributed by atoms with Crippen LogP contribution in [0.1, 0.15) is 24.8 Å². The Morgan fingerprint density at radius 3 is 2.61 bits per heavy atom. The molecule has 0 aliphatic rings. The maximum Gasteiger partial charge on any atom is 0.133 e. The van der Waals surface area contributed by atoms with Crippen LogP contribution in [0.15, 0.2) is 29.0 Å². The van der Waals surface area contributed by atoms with Crippen LogP contribution in [-0.4, -0.2) is 16.7 Å². The highest BCUT2D eigenvalue weighted by Gasteiger charge is 2.01. The summed E-state index contributed by atoms with van der Waals surface area (Å²) >= 11 is 0. The van der Waals surface area contributed by atoms with E-state index < -0.39 is 0 Å². The van der Waals surface area contributed by atoms with Gasteiger partial charge in [-0.3, -0.25) is 4.98 Å². The molecule has 2 aromatic rings. The molecule has 2 N–H and O–H groups in total. The number of hydrogen-bond acceptors (Lipinski definition) is 5. The van der Waals surface area contributed by atoms with E-state index in [9.17, 15) is 0 Å². The van der Waals surface area contributed by atoms with Gasteiger partial charge in [-0.2, -0.15) is 0 Å². The van der Waals surface area contributed by atoms with Gasteiger partial charge in [-0.05, 0) is 19.4 Å². The third-order valence-corrected chi connectivity index (χ3v) is 2.47. The third-order valence-electron chi connectivity index (χ3n) is 2.47. The molecule has 5 heteroatoms. The first-order chi connectivity index (χ1) is 8.78. The van der Waals surface area contributed by atoms with Gasteiger partial charge in [0.05, 0.1) is 30.3 Å². The molecule has 0 atom stereocenters. The van der Waals surface area contributed by atoms with Crippen molar-refractivity contribution < 1.29 is 4.52 Å². The number of hydrogen-bond donors (Lipinski definition) is 2. The molecule has 0 saturated heterocycles. The van der Waals surface area contributed by atoms with E-state index in [0.717, 1.165) is 35.8 Å². The number of anilines is 2. The van der Waals surface area contributed by atoms with Gasteiger partial charge in [-0.15, -0.1) is 0 Å². The number of rotatable bonds is 6. The summed E-state index contributed by atoms with van der Waals surface area (Å²) in [4.78, 5) is 4.19. The van der Waals surface area contributed by atoms with E-state index in [4.69, 9.17) is 4.52 Å². The topological polar surface area (TPSA) is 63.0 Å². The van der Waals surface area contributed by atoms with Crippen LogP contribution in [0.4, 0.5) is 11.4 Å². The van der Waals surface area contributed by atoms with E-state index in [-0.39, 0.29) is 0 Å². The minimum Gasteiger partial charge on any atom is -0.384 e. The van der Waals surface area contributed by atoms with E-state index in [1.54, 1.807) is 6.20 Å². The van der Waals surface area contributed by atoms with E-state index in [1.807, 2.05) is 25.3 Å². The molecule has 2 rings (SSSR count). The van der Waals surface area contributed by atoms with Gasteiger partial charge in [-0.1, -0.05) is 12.1 Å². The van der Waals surface area contributed by atoms with Crippen LogP contribution >= 0.6 is 0 Å². The highest BCUT2D eigenvalue weighted by molar-refractivity contribution is 5.53. The van der Waals surface area contributed by atoms with Gasteiger partial charge < -0.3 is 15.2 Å². The summed E-state index contributed by atoms with van der Waals surface area (Å²) in [5, 5.41) is 10.5. The fourth-order valence-corrected chi connectivity index (χ4v) is 1.60. The lowest BCUT2D eigenvalue weighted by Gasteiger charge is -2.07. The smallest absolute Gasteiger partial charge is 0.133 e. The quantitative estimate of drug-likeness (QED) is 0.820. The zero-order valence-electron chi connectivity index (χ0n) is 10.7. The summed E-state index contributed by atoms with van der Waals surface area (Å²) in [5.41, 5.74) is 2.88. The number of pyridine rings is 1. The summed E-state index contributed by atoms with van der Waals surface area (Å²) < 4.78 is 5.01. The second-order valence-electron chi connectivity index (χ2n) is 4.17. The maximum atomic E-state index is 5.01. The van der Waals surface area contributed by atoms with Crippen LogP contribution in [0.2, 0.25) is 0 Å². The SMILES string of the molecule is CCCNc1cncc(NCc2cc(C)on2)c1. The molecule has 0 aromatic carbocycles. The zero-order valence-corrected chi connectivity index (χ0v) is 10.7. The molecule has 0 spiro atoms. The Morgan fingerprint density at radius 1 is 1.17 bits per heavy atom. The number of nitrogens with one attached hydrogen (secondary N) is 2. The lowest BCUT2D eigenvalue weighted by atomic mass is 10.3. The zero-order chi connectivity index (χ0) is 12.8. The van der Waals surface area contributed by atoms with Gasteiger partial charge >= 0.3 is 0 Å². The minimum absolute atomic E-state index is 0.635. The second kappa shape index (κ2) is 6.05. The molecule has 0 aliphatic heterocycles. The molecular formula is C13H18N4O. The van der Waals surface area contributed by atoms with Crippen molar-refractivity contribution >= 4 is 11.4 Å². The van der Waals surface area contributed by atoms with Gasteiger partial charge in [0.25, 0.3) is 0 Å². The standard InChI is InChI=1S/C13H18N4O/c1-3-4-15-11-6-12(8-14-7-11)16-9-13-5-10(2)18-17-13/h5-8,15-16H,3-4,9H2,1-2H3. The molecule has 0 fully saturated rings. The van der Waals surface area contributed by atoms with E-state index in [0.29, 0.717) is 6.54 Å². The molecule has 5 nitrogen and oxygen atoms in total. The van der Waals surface area contributed by atoms with Gasteiger partial charge in [-0.25, -0.2) is 0 Å². The maximum absolute atomic E-state index is 5.01. The lowest BCUT2D eigenvalue weighted by molar-refractivity contribution is 0.391. The first kappa shape index (κ1) is 12.4. The van der Waals surface area contributed by atoms with Crippen LogP contribution in [0.3, 0.4) is 0 Å². The molecule has 96 valence electrons. The van der Waals surface area contributed by atoms with Crippen molar-refractivity contribution in [2.24, 2.45) is 0 Å². The Morgan fingerprint density at radius 2 is 1.94 bits per heavy atom. The number of aromatic nitrogens is 2. The molecule has 2 aromatic heterocycles. The predicted molar refractivity (Wildman–Crippen MR) is 71.6 cm³/mol. The Hall–Kier alpha value is -2.04. The van der Waals surface area contributed by atoms with Gasteiger partial charge in [0.1, 0.15) is 11.5 Å². The molecule has 0 radical (unpaired) electrons. The Labute approximate surface area is 107 Å². The summed E-state index contributed by atoms with van der Waals surface area (Å²) in [6.45, 7) is 5.60. The van der Waals surface area contributed by atoms with Gasteiger partial charge in [0.15, 0.2) is 0 Å². The third kappa shape index (κ3) is 3.48. The molecule has 0 saturated carbocycles. The molecule has 0 aliphatic carbocycles. The number of aryl methyl sites for hydroxylation is 1.